The highest BCUT2D eigenvalue weighted by Crippen LogP contribution is 2.39. The van der Waals surface area contributed by atoms with Crippen molar-refractivity contribution in [2.24, 2.45) is 5.41 Å². The minimum Gasteiger partial charge on any atom is -0.370 e. The quantitative estimate of drug-likeness (QED) is 0.737. The summed E-state index contributed by atoms with van der Waals surface area (Å²) in [6.07, 6.45) is 1.56. The van der Waals surface area contributed by atoms with Crippen molar-refractivity contribution in [1.82, 2.24) is 4.90 Å². The Morgan fingerprint density at radius 3 is 1.67 bits per heavy atom. The molecule has 18 heavy (non-hydrogen) atoms. The molecular formula is C16H33NO. The highest BCUT2D eigenvalue weighted by atomic mass is 16.5. The predicted molar refractivity (Wildman–Crippen MR) is 78.9 cm³/mol. The van der Waals surface area contributed by atoms with E-state index in [9.17, 15) is 0 Å². The molecule has 0 spiro atoms. The summed E-state index contributed by atoms with van der Waals surface area (Å²) in [4.78, 5) is 2.59. The van der Waals surface area contributed by atoms with E-state index < -0.39 is 0 Å². The Morgan fingerprint density at radius 2 is 1.44 bits per heavy atom. The van der Waals surface area contributed by atoms with E-state index in [4.69, 9.17) is 4.74 Å². The van der Waals surface area contributed by atoms with Crippen LogP contribution in [0.15, 0.2) is 0 Å². The van der Waals surface area contributed by atoms with Crippen molar-refractivity contribution in [2.45, 2.75) is 92.0 Å². The first kappa shape index (κ1) is 16.0. The highest BCUT2D eigenvalue weighted by molar-refractivity contribution is 4.99. The number of ether oxygens (including phenoxy) is 1. The van der Waals surface area contributed by atoms with Gasteiger partial charge in [-0.15, -0.1) is 0 Å². The SMILES string of the molecule is CC(C)(C)OC(C1CCN1C(C)(C)C)C(C)(C)C. The summed E-state index contributed by atoms with van der Waals surface area (Å²) in [6, 6.07) is 0.559. The van der Waals surface area contributed by atoms with Crippen molar-refractivity contribution in [1.29, 1.82) is 0 Å². The summed E-state index contributed by atoms with van der Waals surface area (Å²) in [5.41, 5.74) is 0.354. The van der Waals surface area contributed by atoms with Crippen LogP contribution in [0.5, 0.6) is 0 Å². The van der Waals surface area contributed by atoms with Crippen LogP contribution in [0, 0.1) is 5.41 Å². The van der Waals surface area contributed by atoms with Gasteiger partial charge in [-0.2, -0.15) is 0 Å². The second-order valence-corrected chi connectivity index (χ2v) is 8.74. The Bertz CT molecular complexity index is 277. The van der Waals surface area contributed by atoms with E-state index in [-0.39, 0.29) is 16.6 Å². The van der Waals surface area contributed by atoms with Gasteiger partial charge in [-0.3, -0.25) is 4.90 Å². The van der Waals surface area contributed by atoms with Crippen LogP contribution >= 0.6 is 0 Å². The van der Waals surface area contributed by atoms with E-state index in [0.717, 1.165) is 0 Å². The van der Waals surface area contributed by atoms with E-state index >= 15 is 0 Å². The smallest absolute Gasteiger partial charge is 0.0786 e. The minimum atomic E-state index is -0.0723. The van der Waals surface area contributed by atoms with Gasteiger partial charge in [-0.25, -0.2) is 0 Å². The largest absolute Gasteiger partial charge is 0.370 e. The van der Waals surface area contributed by atoms with Crippen molar-refractivity contribution in [3.8, 4) is 0 Å². The van der Waals surface area contributed by atoms with Gasteiger partial charge in [-0.05, 0) is 53.4 Å². The monoisotopic (exact) mass is 255 g/mol. The third-order valence-electron chi connectivity index (χ3n) is 3.61. The normalized spacial score (nSPS) is 24.8. The summed E-state index contributed by atoms with van der Waals surface area (Å²) in [6.45, 7) is 21.5. The molecule has 2 heteroatoms. The summed E-state index contributed by atoms with van der Waals surface area (Å²) >= 11 is 0. The maximum absolute atomic E-state index is 6.39. The zero-order chi connectivity index (χ0) is 14.4. The molecule has 1 saturated heterocycles. The topological polar surface area (TPSA) is 12.5 Å². The zero-order valence-corrected chi connectivity index (χ0v) is 13.9. The van der Waals surface area contributed by atoms with Crippen molar-refractivity contribution < 1.29 is 4.74 Å². The van der Waals surface area contributed by atoms with Crippen molar-refractivity contribution >= 4 is 0 Å². The molecular weight excluding hydrogens is 222 g/mol. The Kier molecular flexibility index (Phi) is 4.25. The average Bonchev–Trinajstić information content (AvgIpc) is 1.91. The van der Waals surface area contributed by atoms with Crippen LogP contribution < -0.4 is 0 Å². The molecule has 2 nitrogen and oxygen atoms in total. The molecule has 0 aromatic carbocycles. The summed E-state index contributed by atoms with van der Waals surface area (Å²) in [7, 11) is 0. The lowest BCUT2D eigenvalue weighted by Gasteiger charge is -2.55. The van der Waals surface area contributed by atoms with Crippen molar-refractivity contribution in [3.63, 3.8) is 0 Å². The molecule has 0 aliphatic carbocycles. The van der Waals surface area contributed by atoms with Gasteiger partial charge in [0.15, 0.2) is 0 Å². The van der Waals surface area contributed by atoms with E-state index in [0.29, 0.717) is 12.1 Å². The number of likely N-dealkylation sites (tertiary alicyclic amines) is 1. The summed E-state index contributed by atoms with van der Waals surface area (Å²) in [5, 5.41) is 0. The van der Waals surface area contributed by atoms with Crippen molar-refractivity contribution in [3.05, 3.63) is 0 Å². The van der Waals surface area contributed by atoms with E-state index in [1.165, 1.54) is 13.0 Å². The molecule has 108 valence electrons. The van der Waals surface area contributed by atoms with E-state index in [2.05, 4.69) is 67.2 Å². The van der Waals surface area contributed by atoms with E-state index in [1.807, 2.05) is 0 Å². The molecule has 0 N–H and O–H groups in total. The molecule has 1 fully saturated rings. The standard InChI is InChI=1S/C16H33NO/c1-14(2,3)13(18-16(7,8)9)12-10-11-17(12)15(4,5)6/h12-13H,10-11H2,1-9H3. The third kappa shape index (κ3) is 3.96. The lowest BCUT2D eigenvalue weighted by molar-refractivity contribution is -0.174. The number of rotatable bonds is 2. The molecule has 0 saturated carbocycles. The number of hydrogen-bond donors (Lipinski definition) is 0. The first-order valence-electron chi connectivity index (χ1n) is 7.27. The summed E-state index contributed by atoms with van der Waals surface area (Å²) in [5.74, 6) is 0. The van der Waals surface area contributed by atoms with Gasteiger partial charge in [-0.1, -0.05) is 20.8 Å². The Balaban J connectivity index is 2.86. The molecule has 1 aliphatic heterocycles. The highest BCUT2D eigenvalue weighted by Gasteiger charge is 2.46. The second kappa shape index (κ2) is 4.79. The third-order valence-corrected chi connectivity index (χ3v) is 3.61. The molecule has 1 heterocycles. The van der Waals surface area contributed by atoms with Crippen LogP contribution in [0.2, 0.25) is 0 Å². The first-order valence-corrected chi connectivity index (χ1v) is 7.27. The van der Waals surface area contributed by atoms with Crippen LogP contribution in [-0.4, -0.2) is 34.7 Å². The van der Waals surface area contributed by atoms with Crippen LogP contribution in [0.3, 0.4) is 0 Å². The Morgan fingerprint density at radius 1 is 0.944 bits per heavy atom. The zero-order valence-electron chi connectivity index (χ0n) is 13.9. The van der Waals surface area contributed by atoms with Gasteiger partial charge < -0.3 is 4.74 Å². The molecule has 0 aromatic rings. The number of nitrogens with zero attached hydrogens (tertiary/aromatic N) is 1. The molecule has 1 rings (SSSR count). The van der Waals surface area contributed by atoms with Crippen LogP contribution in [-0.2, 0) is 4.74 Å². The van der Waals surface area contributed by atoms with Crippen molar-refractivity contribution in [2.75, 3.05) is 6.54 Å². The van der Waals surface area contributed by atoms with Gasteiger partial charge in [0.2, 0.25) is 0 Å². The van der Waals surface area contributed by atoms with Gasteiger partial charge in [0, 0.05) is 18.1 Å². The first-order chi connectivity index (χ1) is 7.82. The Labute approximate surface area is 114 Å². The fraction of sp³-hybridized carbons (Fsp3) is 1.00. The van der Waals surface area contributed by atoms with Gasteiger partial charge in [0.05, 0.1) is 11.7 Å². The molecule has 0 amide bonds. The minimum absolute atomic E-state index is 0.0723. The molecule has 0 aromatic heterocycles. The molecule has 2 unspecified atom stereocenters. The molecule has 2 atom stereocenters. The molecule has 0 radical (unpaired) electrons. The van der Waals surface area contributed by atoms with Gasteiger partial charge in [0.1, 0.15) is 0 Å². The predicted octanol–water partition coefficient (Wildman–Crippen LogP) is 4.09. The molecule has 0 bridgehead atoms. The maximum atomic E-state index is 6.39. The lowest BCUT2D eigenvalue weighted by Crippen LogP contribution is -2.65. The van der Waals surface area contributed by atoms with Gasteiger partial charge in [0.25, 0.3) is 0 Å². The van der Waals surface area contributed by atoms with Gasteiger partial charge >= 0.3 is 0 Å². The Hall–Kier alpha value is -0.0800. The average molecular weight is 255 g/mol. The maximum Gasteiger partial charge on any atom is 0.0786 e. The molecule has 1 aliphatic rings. The van der Waals surface area contributed by atoms with Crippen LogP contribution in [0.1, 0.15) is 68.7 Å². The fourth-order valence-corrected chi connectivity index (χ4v) is 2.77. The van der Waals surface area contributed by atoms with Crippen LogP contribution in [0.4, 0.5) is 0 Å². The fourth-order valence-electron chi connectivity index (χ4n) is 2.77. The second-order valence-electron chi connectivity index (χ2n) is 8.74. The lowest BCUT2D eigenvalue weighted by atomic mass is 9.77. The number of hydrogen-bond acceptors (Lipinski definition) is 2. The van der Waals surface area contributed by atoms with E-state index in [1.54, 1.807) is 0 Å². The summed E-state index contributed by atoms with van der Waals surface area (Å²) < 4.78 is 6.39. The van der Waals surface area contributed by atoms with Crippen LogP contribution in [0.25, 0.3) is 0 Å².